The van der Waals surface area contributed by atoms with Crippen molar-refractivity contribution in [1.82, 2.24) is 15.6 Å². The molecule has 166 valence electrons. The van der Waals surface area contributed by atoms with Crippen molar-refractivity contribution in [3.63, 3.8) is 0 Å². The number of nitrogens with one attached hydrogen (secondary N) is 2. The molecule has 2 N–H and O–H groups in total. The van der Waals surface area contributed by atoms with Crippen LogP contribution < -0.4 is 19.6 Å². The molecule has 0 unspecified atom stereocenters. The molecule has 0 spiro atoms. The molecule has 0 aliphatic carbocycles. The number of pyridine rings is 1. The summed E-state index contributed by atoms with van der Waals surface area (Å²) in [6.45, 7) is 1.21. The Morgan fingerprint density at radius 2 is 1.06 bits per heavy atom. The molecule has 3 rings (SSSR count). The molecule has 5 nitrogen and oxygen atoms in total. The molecular weight excluding hydrogens is 532 g/mol. The van der Waals surface area contributed by atoms with Crippen LogP contribution in [0.1, 0.15) is 33.8 Å². The van der Waals surface area contributed by atoms with Crippen molar-refractivity contribution in [2.45, 2.75) is 23.5 Å². The van der Waals surface area contributed by atoms with Gasteiger partial charge in [-0.25, -0.2) is 0 Å². The topological polar surface area (TPSA) is 71.1 Å². The van der Waals surface area contributed by atoms with Gasteiger partial charge in [0, 0.05) is 0 Å². The van der Waals surface area contributed by atoms with Crippen molar-refractivity contribution in [2.24, 2.45) is 0 Å². The van der Waals surface area contributed by atoms with Crippen LogP contribution in [0.5, 0.6) is 0 Å². The van der Waals surface area contributed by atoms with Gasteiger partial charge in [-0.2, -0.15) is 0 Å². The molecule has 0 fully saturated rings. The Bertz CT molecular complexity index is 908. The second-order valence-corrected chi connectivity index (χ2v) is 11.9. The molecule has 1 aromatic heterocycles. The van der Waals surface area contributed by atoms with E-state index in [0.29, 0.717) is 43.0 Å². The number of aromatic nitrogens is 1. The fourth-order valence-electron chi connectivity index (χ4n) is 2.83. The molecule has 2 aromatic carbocycles. The van der Waals surface area contributed by atoms with Crippen LogP contribution >= 0.6 is 0 Å². The van der Waals surface area contributed by atoms with E-state index < -0.39 is 0 Å². The van der Waals surface area contributed by atoms with E-state index in [-0.39, 0.29) is 23.2 Å². The van der Waals surface area contributed by atoms with Gasteiger partial charge in [-0.3, -0.25) is 0 Å². The summed E-state index contributed by atoms with van der Waals surface area (Å²) in [6.07, 6.45) is 1.84. The van der Waals surface area contributed by atoms with Crippen molar-refractivity contribution >= 4 is 50.7 Å². The predicted molar refractivity (Wildman–Crippen MR) is 131 cm³/mol. The third kappa shape index (κ3) is 8.60. The van der Waals surface area contributed by atoms with Gasteiger partial charge in [0.15, 0.2) is 0 Å². The van der Waals surface area contributed by atoms with E-state index in [2.05, 4.69) is 64.1 Å². The fourth-order valence-corrected chi connectivity index (χ4v) is 6.50. The van der Waals surface area contributed by atoms with Crippen LogP contribution in [0.3, 0.4) is 0 Å². The van der Waals surface area contributed by atoms with Crippen LogP contribution in [0, 0.1) is 0 Å². The van der Waals surface area contributed by atoms with Gasteiger partial charge in [0.2, 0.25) is 0 Å². The van der Waals surface area contributed by atoms with Crippen LogP contribution in [0.4, 0.5) is 0 Å². The molecule has 0 saturated heterocycles. The zero-order valence-corrected chi connectivity index (χ0v) is 21.3. The quantitative estimate of drug-likeness (QED) is 0.264. The Morgan fingerprint density at radius 3 is 1.50 bits per heavy atom. The van der Waals surface area contributed by atoms with E-state index in [0.717, 1.165) is 23.5 Å². The Kier molecular flexibility index (Phi) is 10.5. The molecule has 3 aromatic rings. The molecule has 32 heavy (non-hydrogen) atoms. The van der Waals surface area contributed by atoms with Crippen molar-refractivity contribution in [1.29, 1.82) is 0 Å². The van der Waals surface area contributed by atoms with Gasteiger partial charge < -0.3 is 0 Å². The SMILES string of the molecule is O=C(NCCC[Se]c1ccccc1)c1cccc(C(=O)NCCC[Se]c2ccccc2)n1. The first-order valence-electron chi connectivity index (χ1n) is 10.6. The maximum absolute atomic E-state index is 12.4. The number of nitrogens with zero attached hydrogens (tertiary/aromatic N) is 1. The van der Waals surface area contributed by atoms with Crippen LogP contribution in [0.2, 0.25) is 10.6 Å². The number of hydrogen-bond acceptors (Lipinski definition) is 3. The Balaban J connectivity index is 1.34. The summed E-state index contributed by atoms with van der Waals surface area (Å²) in [5.41, 5.74) is 0.553. The summed E-state index contributed by atoms with van der Waals surface area (Å²) in [5.74, 6) is -0.477. The van der Waals surface area contributed by atoms with Crippen LogP contribution in [-0.4, -0.2) is 59.8 Å². The molecule has 0 radical (unpaired) electrons. The molecule has 0 atom stereocenters. The van der Waals surface area contributed by atoms with E-state index in [1.54, 1.807) is 18.2 Å². The first kappa shape index (κ1) is 24.2. The van der Waals surface area contributed by atoms with Gasteiger partial charge in [-0.15, -0.1) is 0 Å². The first-order valence-corrected chi connectivity index (χ1v) is 14.7. The third-order valence-electron chi connectivity index (χ3n) is 4.45. The fraction of sp³-hybridized carbons (Fsp3) is 0.240. The second kappa shape index (κ2) is 13.9. The number of hydrogen-bond donors (Lipinski definition) is 2. The van der Waals surface area contributed by atoms with Crippen molar-refractivity contribution < 1.29 is 9.59 Å². The van der Waals surface area contributed by atoms with Crippen molar-refractivity contribution in [3.05, 3.63) is 90.3 Å². The molecule has 1 heterocycles. The van der Waals surface area contributed by atoms with Gasteiger partial charge in [-0.05, 0) is 0 Å². The summed E-state index contributed by atoms with van der Waals surface area (Å²) in [7, 11) is 0. The number of amides is 2. The van der Waals surface area contributed by atoms with Crippen LogP contribution in [0.25, 0.3) is 0 Å². The van der Waals surface area contributed by atoms with Gasteiger partial charge >= 0.3 is 203 Å². The van der Waals surface area contributed by atoms with Gasteiger partial charge in [0.25, 0.3) is 0 Å². The number of rotatable bonds is 12. The average molecular weight is 559 g/mol. The Morgan fingerprint density at radius 1 is 0.625 bits per heavy atom. The normalized spacial score (nSPS) is 10.5. The average Bonchev–Trinajstić information content (AvgIpc) is 2.84. The zero-order chi connectivity index (χ0) is 22.4. The summed E-state index contributed by atoms with van der Waals surface area (Å²) >= 11 is 0.842. The molecule has 2 amide bonds. The van der Waals surface area contributed by atoms with Gasteiger partial charge in [0.1, 0.15) is 0 Å². The van der Waals surface area contributed by atoms with Gasteiger partial charge in [0.05, 0.1) is 0 Å². The standard InChI is InChI=1S/C25H27N3O2Se2/c29-24(26-16-8-18-31-20-10-3-1-4-11-20)22-14-7-15-23(28-22)25(30)27-17-9-19-32-21-12-5-2-6-13-21/h1-7,10-15H,8-9,16-19H2,(H,26,29)(H,27,30). The van der Waals surface area contributed by atoms with Crippen molar-refractivity contribution in [2.75, 3.05) is 13.1 Å². The molecular formula is C25H27N3O2Se2. The summed E-state index contributed by atoms with van der Waals surface area (Å²) in [4.78, 5) is 29.0. The minimum atomic E-state index is -0.238. The first-order chi connectivity index (χ1) is 15.7. The van der Waals surface area contributed by atoms with E-state index in [1.165, 1.54) is 8.92 Å². The number of carbonyl (C=O) groups excluding carboxylic acids is 2. The molecule has 0 aliphatic heterocycles. The third-order valence-corrected chi connectivity index (χ3v) is 9.06. The Labute approximate surface area is 202 Å². The number of benzene rings is 2. The van der Waals surface area contributed by atoms with E-state index in [4.69, 9.17) is 0 Å². The summed E-state index contributed by atoms with van der Waals surface area (Å²) in [6, 6.07) is 25.8. The molecule has 0 bridgehead atoms. The monoisotopic (exact) mass is 561 g/mol. The van der Waals surface area contributed by atoms with E-state index >= 15 is 0 Å². The minimum absolute atomic E-state index is 0.238. The summed E-state index contributed by atoms with van der Waals surface area (Å²) < 4.78 is 2.74. The predicted octanol–water partition coefficient (Wildman–Crippen LogP) is 2.22. The second-order valence-electron chi connectivity index (χ2n) is 6.95. The molecule has 0 saturated carbocycles. The number of carbonyl (C=O) groups is 2. The van der Waals surface area contributed by atoms with Gasteiger partial charge in [-0.1, -0.05) is 0 Å². The van der Waals surface area contributed by atoms with E-state index in [9.17, 15) is 9.59 Å². The zero-order valence-electron chi connectivity index (χ0n) is 17.8. The maximum atomic E-state index is 12.4. The van der Waals surface area contributed by atoms with E-state index in [1.807, 2.05) is 12.1 Å². The van der Waals surface area contributed by atoms with Crippen LogP contribution in [-0.2, 0) is 0 Å². The summed E-state index contributed by atoms with van der Waals surface area (Å²) in [5, 5.41) is 7.95. The Hall–Kier alpha value is -2.43. The van der Waals surface area contributed by atoms with Crippen LogP contribution in [0.15, 0.2) is 78.9 Å². The molecule has 0 aliphatic rings. The molecule has 7 heteroatoms. The van der Waals surface area contributed by atoms with Crippen molar-refractivity contribution in [3.8, 4) is 0 Å².